The maximum atomic E-state index is 11.1. The summed E-state index contributed by atoms with van der Waals surface area (Å²) in [6.07, 6.45) is 3.11. The molecule has 0 saturated carbocycles. The molecule has 0 heterocycles. The summed E-state index contributed by atoms with van der Waals surface area (Å²) in [7, 11) is 1.61. The van der Waals surface area contributed by atoms with E-state index in [0.29, 0.717) is 11.9 Å². The van der Waals surface area contributed by atoms with Crippen LogP contribution in [0.3, 0.4) is 0 Å². The Kier molecular flexibility index (Phi) is 5.64. The van der Waals surface area contributed by atoms with E-state index in [1.165, 1.54) is 6.08 Å². The molecule has 0 aromatic heterocycles. The van der Waals surface area contributed by atoms with Crippen LogP contribution in [0, 0.1) is 0 Å². The van der Waals surface area contributed by atoms with Crippen molar-refractivity contribution in [1.29, 1.82) is 0 Å². The maximum absolute atomic E-state index is 11.1. The second-order valence-electron chi connectivity index (χ2n) is 2.96. The number of carbonyl (C=O) groups is 1. The summed E-state index contributed by atoms with van der Waals surface area (Å²) in [5.41, 5.74) is 0.927. The molecule has 3 nitrogen and oxygen atoms in total. The van der Waals surface area contributed by atoms with Crippen molar-refractivity contribution in [3.63, 3.8) is 0 Å². The molecule has 0 aliphatic carbocycles. The van der Waals surface area contributed by atoms with Gasteiger partial charge in [0.25, 0.3) is 0 Å². The van der Waals surface area contributed by atoms with Crippen LogP contribution in [0.25, 0.3) is 6.08 Å². The highest BCUT2D eigenvalue weighted by Gasteiger charge is 1.95. The van der Waals surface area contributed by atoms with Gasteiger partial charge >= 0.3 is 5.97 Å². The molecule has 0 aliphatic rings. The third-order valence-electron chi connectivity index (χ3n) is 1.85. The molecule has 0 atom stereocenters. The van der Waals surface area contributed by atoms with Crippen LogP contribution in [0.2, 0.25) is 0 Å². The Bertz CT molecular complexity index is 357. The van der Waals surface area contributed by atoms with Crippen molar-refractivity contribution < 1.29 is 14.3 Å². The van der Waals surface area contributed by atoms with Gasteiger partial charge in [0.1, 0.15) is 12.4 Å². The normalized spacial score (nSPS) is 10.4. The molecule has 16 heavy (non-hydrogen) atoms. The van der Waals surface area contributed by atoms with E-state index in [1.54, 1.807) is 13.2 Å². The van der Waals surface area contributed by atoms with Crippen LogP contribution >= 0.6 is 15.9 Å². The van der Waals surface area contributed by atoms with Crippen LogP contribution < -0.4 is 4.74 Å². The fourth-order valence-corrected chi connectivity index (χ4v) is 1.23. The summed E-state index contributed by atoms with van der Waals surface area (Å²) >= 11 is 3.17. The highest BCUT2D eigenvalue weighted by Crippen LogP contribution is 2.12. The molecule has 0 unspecified atom stereocenters. The summed E-state index contributed by atoms with van der Waals surface area (Å²) in [5, 5.41) is 0.648. The Labute approximate surface area is 103 Å². The van der Waals surface area contributed by atoms with Gasteiger partial charge in [-0.25, -0.2) is 4.79 Å². The van der Waals surface area contributed by atoms with Gasteiger partial charge in [0.05, 0.1) is 7.11 Å². The predicted octanol–water partition coefficient (Wildman–Crippen LogP) is 2.65. The Morgan fingerprint density at radius 3 is 2.62 bits per heavy atom. The number of ether oxygens (including phenoxy) is 2. The van der Waals surface area contributed by atoms with Crippen molar-refractivity contribution in [2.24, 2.45) is 0 Å². The number of halogens is 1. The number of esters is 1. The van der Waals surface area contributed by atoms with Gasteiger partial charge in [-0.2, -0.15) is 0 Å². The highest BCUT2D eigenvalue weighted by atomic mass is 79.9. The molecule has 0 radical (unpaired) electrons. The monoisotopic (exact) mass is 284 g/mol. The summed E-state index contributed by atoms with van der Waals surface area (Å²) in [6.45, 7) is 0.381. The fraction of sp³-hybridized carbons (Fsp3) is 0.250. The van der Waals surface area contributed by atoms with Gasteiger partial charge in [-0.3, -0.25) is 0 Å². The topological polar surface area (TPSA) is 35.5 Å². The molecule has 0 amide bonds. The van der Waals surface area contributed by atoms with E-state index in [1.807, 2.05) is 24.3 Å². The number of benzene rings is 1. The van der Waals surface area contributed by atoms with Crippen molar-refractivity contribution in [3.05, 3.63) is 35.9 Å². The van der Waals surface area contributed by atoms with Crippen LogP contribution in [-0.2, 0) is 9.53 Å². The summed E-state index contributed by atoms with van der Waals surface area (Å²) in [5.74, 6) is 0.453. The zero-order valence-corrected chi connectivity index (χ0v) is 10.6. The van der Waals surface area contributed by atoms with Gasteiger partial charge in [-0.1, -0.05) is 28.1 Å². The van der Waals surface area contributed by atoms with Crippen LogP contribution in [-0.4, -0.2) is 25.0 Å². The minimum absolute atomic E-state index is 0.338. The molecular weight excluding hydrogens is 272 g/mol. The van der Waals surface area contributed by atoms with Crippen molar-refractivity contribution >= 4 is 28.0 Å². The SMILES string of the molecule is COc1ccc(C=CC(=O)OCCBr)cc1. The lowest BCUT2D eigenvalue weighted by atomic mass is 10.2. The molecule has 0 fully saturated rings. The van der Waals surface area contributed by atoms with Crippen LogP contribution in [0.5, 0.6) is 5.75 Å². The summed E-state index contributed by atoms with van der Waals surface area (Å²) < 4.78 is 9.89. The molecule has 4 heteroatoms. The third kappa shape index (κ3) is 4.49. The first-order valence-electron chi connectivity index (χ1n) is 4.81. The Morgan fingerprint density at radius 1 is 1.38 bits per heavy atom. The first-order chi connectivity index (χ1) is 7.76. The zero-order chi connectivity index (χ0) is 11.8. The molecule has 1 aromatic rings. The van der Waals surface area contributed by atoms with E-state index in [9.17, 15) is 4.79 Å². The minimum Gasteiger partial charge on any atom is -0.497 e. The Morgan fingerprint density at radius 2 is 2.06 bits per heavy atom. The van der Waals surface area contributed by atoms with Gasteiger partial charge in [0.15, 0.2) is 0 Å². The van der Waals surface area contributed by atoms with E-state index in [4.69, 9.17) is 9.47 Å². The van der Waals surface area contributed by atoms with Crippen molar-refractivity contribution in [2.45, 2.75) is 0 Å². The van der Waals surface area contributed by atoms with E-state index in [2.05, 4.69) is 15.9 Å². The largest absolute Gasteiger partial charge is 0.497 e. The van der Waals surface area contributed by atoms with Crippen molar-refractivity contribution in [3.8, 4) is 5.75 Å². The number of hydrogen-bond acceptors (Lipinski definition) is 3. The fourth-order valence-electron chi connectivity index (χ4n) is 1.07. The van der Waals surface area contributed by atoms with Crippen LogP contribution in [0.4, 0.5) is 0 Å². The molecule has 0 aliphatic heterocycles. The standard InChI is InChI=1S/C12H13BrO3/c1-15-11-5-2-10(3-6-11)4-7-12(14)16-9-8-13/h2-7H,8-9H2,1H3. The van der Waals surface area contributed by atoms with Crippen molar-refractivity contribution in [2.75, 3.05) is 19.0 Å². The molecule has 1 rings (SSSR count). The van der Waals surface area contributed by atoms with Gasteiger partial charge < -0.3 is 9.47 Å². The van der Waals surface area contributed by atoms with Crippen LogP contribution in [0.15, 0.2) is 30.3 Å². The van der Waals surface area contributed by atoms with Gasteiger partial charge in [-0.15, -0.1) is 0 Å². The summed E-state index contributed by atoms with van der Waals surface area (Å²) in [6, 6.07) is 7.41. The zero-order valence-electron chi connectivity index (χ0n) is 8.98. The second-order valence-corrected chi connectivity index (χ2v) is 3.76. The summed E-state index contributed by atoms with van der Waals surface area (Å²) in [4.78, 5) is 11.1. The lowest BCUT2D eigenvalue weighted by molar-refractivity contribution is -0.137. The average molecular weight is 285 g/mol. The van der Waals surface area contributed by atoms with Gasteiger partial charge in [0.2, 0.25) is 0 Å². The molecular formula is C12H13BrO3. The number of hydrogen-bond donors (Lipinski definition) is 0. The molecule has 1 aromatic carbocycles. The number of carbonyl (C=O) groups excluding carboxylic acids is 1. The van der Waals surface area contributed by atoms with E-state index >= 15 is 0 Å². The number of rotatable bonds is 5. The minimum atomic E-state index is -0.338. The number of methoxy groups -OCH3 is 1. The van der Waals surface area contributed by atoms with Gasteiger partial charge in [-0.05, 0) is 23.8 Å². The molecule has 0 saturated heterocycles. The average Bonchev–Trinajstić information content (AvgIpc) is 2.34. The van der Waals surface area contributed by atoms with E-state index in [0.717, 1.165) is 11.3 Å². The smallest absolute Gasteiger partial charge is 0.330 e. The Balaban J connectivity index is 2.52. The first kappa shape index (κ1) is 12.8. The Hall–Kier alpha value is -1.29. The quantitative estimate of drug-likeness (QED) is 0.474. The highest BCUT2D eigenvalue weighted by molar-refractivity contribution is 9.09. The van der Waals surface area contributed by atoms with Gasteiger partial charge in [0, 0.05) is 11.4 Å². The lowest BCUT2D eigenvalue weighted by Crippen LogP contribution is -2.02. The molecule has 0 bridgehead atoms. The van der Waals surface area contributed by atoms with Crippen molar-refractivity contribution in [1.82, 2.24) is 0 Å². The maximum Gasteiger partial charge on any atom is 0.330 e. The van der Waals surface area contributed by atoms with E-state index < -0.39 is 0 Å². The predicted molar refractivity (Wildman–Crippen MR) is 66.8 cm³/mol. The van der Waals surface area contributed by atoms with Crippen LogP contribution in [0.1, 0.15) is 5.56 Å². The molecule has 86 valence electrons. The molecule has 0 spiro atoms. The first-order valence-corrected chi connectivity index (χ1v) is 5.93. The second kappa shape index (κ2) is 7.06. The third-order valence-corrected chi connectivity index (χ3v) is 2.17. The molecule has 0 N–H and O–H groups in total. The number of alkyl halides is 1. The lowest BCUT2D eigenvalue weighted by Gasteiger charge is -1.99. The van der Waals surface area contributed by atoms with E-state index in [-0.39, 0.29) is 5.97 Å².